The molecule has 2 aliphatic heterocycles. The third-order valence-electron chi connectivity index (χ3n) is 7.31. The lowest BCUT2D eigenvalue weighted by Gasteiger charge is -2.42. The van der Waals surface area contributed by atoms with Gasteiger partial charge in [0.05, 0.1) is 19.8 Å². The minimum Gasteiger partial charge on any atom is -0.507 e. The minimum atomic E-state index is -1.76. The van der Waals surface area contributed by atoms with E-state index in [0.29, 0.717) is 11.3 Å². The smallest absolute Gasteiger partial charge is 0.229 e. The van der Waals surface area contributed by atoms with Crippen molar-refractivity contribution in [1.82, 2.24) is 0 Å². The van der Waals surface area contributed by atoms with E-state index >= 15 is 0 Å². The number of hydrogen-bond acceptors (Lipinski definition) is 14. The fraction of sp³-hybridized carbons (Fsp3) is 0.464. The van der Waals surface area contributed by atoms with Crippen LogP contribution in [0.1, 0.15) is 6.92 Å². The first-order valence-electron chi connectivity index (χ1n) is 13.1. The van der Waals surface area contributed by atoms with E-state index in [1.807, 2.05) is 0 Å². The Bertz CT molecular complexity index is 1440. The van der Waals surface area contributed by atoms with Crippen LogP contribution in [-0.2, 0) is 14.2 Å². The topological polar surface area (TPSA) is 218 Å². The Morgan fingerprint density at radius 3 is 2.14 bits per heavy atom. The third kappa shape index (κ3) is 5.81. The molecule has 228 valence electrons. The molecule has 0 radical (unpaired) electrons. The fourth-order valence-electron chi connectivity index (χ4n) is 4.84. The highest BCUT2D eigenvalue weighted by Gasteiger charge is 2.47. The van der Waals surface area contributed by atoms with Crippen LogP contribution in [0.5, 0.6) is 17.2 Å². The Morgan fingerprint density at radius 1 is 0.786 bits per heavy atom. The molecule has 0 aliphatic carbocycles. The molecule has 0 bridgehead atoms. The second-order valence-electron chi connectivity index (χ2n) is 10.2. The number of phenolic OH excluding ortho intramolecular Hbond substituents is 1. The average Bonchev–Trinajstić information content (AvgIpc) is 2.97. The van der Waals surface area contributed by atoms with E-state index in [1.54, 1.807) is 24.3 Å². The van der Waals surface area contributed by atoms with Crippen molar-refractivity contribution in [3.63, 3.8) is 0 Å². The van der Waals surface area contributed by atoms with Crippen molar-refractivity contribution in [2.75, 3.05) is 13.7 Å². The zero-order valence-corrected chi connectivity index (χ0v) is 22.5. The van der Waals surface area contributed by atoms with Crippen molar-refractivity contribution in [3.8, 4) is 28.6 Å². The van der Waals surface area contributed by atoms with Crippen LogP contribution >= 0.6 is 0 Å². The van der Waals surface area contributed by atoms with Gasteiger partial charge >= 0.3 is 0 Å². The van der Waals surface area contributed by atoms with Crippen molar-refractivity contribution in [2.24, 2.45) is 0 Å². The molecule has 3 aromatic rings. The monoisotopic (exact) mass is 592 g/mol. The number of ether oxygens (including phenoxy) is 5. The minimum absolute atomic E-state index is 0.0348. The summed E-state index contributed by atoms with van der Waals surface area (Å²) in [5.74, 6) is 0.238. The Kier molecular flexibility index (Phi) is 8.71. The highest BCUT2D eigenvalue weighted by atomic mass is 16.7. The molecule has 2 saturated heterocycles. The Hall–Kier alpha value is -3.31. The molecule has 1 aromatic heterocycles. The van der Waals surface area contributed by atoms with Crippen molar-refractivity contribution >= 4 is 11.0 Å². The van der Waals surface area contributed by atoms with E-state index in [0.717, 1.165) is 6.07 Å². The average molecular weight is 593 g/mol. The van der Waals surface area contributed by atoms with Crippen LogP contribution in [0.2, 0.25) is 0 Å². The van der Waals surface area contributed by atoms with Crippen LogP contribution in [0.4, 0.5) is 0 Å². The van der Waals surface area contributed by atoms with Gasteiger partial charge in [0.1, 0.15) is 76.7 Å². The number of aromatic hydroxyl groups is 1. The zero-order chi connectivity index (χ0) is 30.3. The summed E-state index contributed by atoms with van der Waals surface area (Å²) in [4.78, 5) is 12.8. The van der Waals surface area contributed by atoms with Crippen LogP contribution < -0.4 is 14.9 Å². The quantitative estimate of drug-likeness (QED) is 0.179. The van der Waals surface area contributed by atoms with Gasteiger partial charge in [-0.25, -0.2) is 0 Å². The maximum absolute atomic E-state index is 12.8. The number of aliphatic hydroxyl groups excluding tert-OH is 6. The van der Waals surface area contributed by atoms with E-state index in [4.69, 9.17) is 28.1 Å². The molecule has 0 amide bonds. The number of hydrogen-bond donors (Lipinski definition) is 7. The van der Waals surface area contributed by atoms with Crippen LogP contribution in [0.15, 0.2) is 51.7 Å². The van der Waals surface area contributed by atoms with Crippen LogP contribution in [0.3, 0.4) is 0 Å². The standard InChI is InChI=1S/C28H32O14/c1-11-21(31)23(33)25(35)27(39-11)38-10-19-22(32)24(34)26(36)28(42-19)40-14-7-15(29)20-16(30)9-17(41-18(20)8-14)12-3-5-13(37-2)6-4-12/h3-9,11,19,21-29,31-36H,10H2,1-2H3/t11-,19-,21+,22+,23-,24-,25-,26+,27-,28+/m0/s1. The normalized spacial score (nSPS) is 33.4. The fourth-order valence-corrected chi connectivity index (χ4v) is 4.84. The van der Waals surface area contributed by atoms with Crippen LogP contribution in [0, 0.1) is 0 Å². The molecule has 5 rings (SSSR count). The van der Waals surface area contributed by atoms with E-state index in [2.05, 4.69) is 0 Å². The Morgan fingerprint density at radius 2 is 1.45 bits per heavy atom. The number of benzene rings is 2. The summed E-state index contributed by atoms with van der Waals surface area (Å²) in [6.07, 6.45) is -14.8. The summed E-state index contributed by atoms with van der Waals surface area (Å²) in [7, 11) is 1.52. The molecule has 14 heteroatoms. The summed E-state index contributed by atoms with van der Waals surface area (Å²) >= 11 is 0. The lowest BCUT2D eigenvalue weighted by Crippen LogP contribution is -2.61. The van der Waals surface area contributed by atoms with Gasteiger partial charge in [-0.2, -0.15) is 0 Å². The van der Waals surface area contributed by atoms with E-state index in [9.17, 15) is 40.5 Å². The van der Waals surface area contributed by atoms with Crippen molar-refractivity contribution < 1.29 is 63.8 Å². The molecule has 0 saturated carbocycles. The molecule has 0 unspecified atom stereocenters. The number of fused-ring (bicyclic) bond motifs is 1. The van der Waals surface area contributed by atoms with Gasteiger partial charge in [0.2, 0.25) is 6.29 Å². The summed E-state index contributed by atoms with van der Waals surface area (Å²) < 4.78 is 33.2. The van der Waals surface area contributed by atoms with Gasteiger partial charge in [-0.1, -0.05) is 0 Å². The lowest BCUT2D eigenvalue weighted by molar-refractivity contribution is -0.318. The van der Waals surface area contributed by atoms with Gasteiger partial charge in [-0.05, 0) is 31.2 Å². The molecule has 0 spiro atoms. The van der Waals surface area contributed by atoms with Gasteiger partial charge in [0.25, 0.3) is 0 Å². The second kappa shape index (κ2) is 12.1. The van der Waals surface area contributed by atoms with Crippen molar-refractivity contribution in [2.45, 2.75) is 68.3 Å². The molecule has 3 heterocycles. The van der Waals surface area contributed by atoms with Gasteiger partial charge in [0.15, 0.2) is 11.7 Å². The molecule has 2 aromatic carbocycles. The van der Waals surface area contributed by atoms with Crippen LogP contribution in [0.25, 0.3) is 22.3 Å². The maximum Gasteiger partial charge on any atom is 0.229 e. The first-order valence-corrected chi connectivity index (χ1v) is 13.1. The molecule has 2 aliphatic rings. The highest BCUT2D eigenvalue weighted by molar-refractivity contribution is 5.86. The maximum atomic E-state index is 12.8. The SMILES string of the molecule is COc1ccc(-c2cc(=O)c3c(O)cc(O[C@@H]4O[C@@H](CO[C@H]5O[C@@H](C)[C@@H](O)[C@H](O)[C@@H]5O)[C@@H](O)[C@H](O)[C@H]4O)cc3o2)cc1. The van der Waals surface area contributed by atoms with Gasteiger partial charge in [-0.15, -0.1) is 0 Å². The number of rotatable bonds is 7. The van der Waals surface area contributed by atoms with Gasteiger partial charge in [-0.3, -0.25) is 4.79 Å². The Balaban J connectivity index is 1.35. The van der Waals surface area contributed by atoms with Gasteiger partial charge < -0.3 is 63.8 Å². The lowest BCUT2D eigenvalue weighted by atomic mass is 9.98. The van der Waals surface area contributed by atoms with Crippen LogP contribution in [-0.4, -0.2) is 111 Å². The predicted molar refractivity (Wildman–Crippen MR) is 142 cm³/mol. The number of phenols is 1. The molecule has 14 nitrogen and oxygen atoms in total. The summed E-state index contributed by atoms with van der Waals surface area (Å²) in [6.45, 7) is 0.984. The predicted octanol–water partition coefficient (Wildman–Crippen LogP) is -0.795. The highest BCUT2D eigenvalue weighted by Crippen LogP contribution is 2.34. The molecular formula is C28H32O14. The van der Waals surface area contributed by atoms with E-state index in [-0.39, 0.29) is 22.5 Å². The van der Waals surface area contributed by atoms with Crippen molar-refractivity contribution in [3.05, 3.63) is 52.7 Å². The molecule has 42 heavy (non-hydrogen) atoms. The zero-order valence-electron chi connectivity index (χ0n) is 22.5. The molecule has 7 N–H and O–H groups in total. The summed E-state index contributed by atoms with van der Waals surface area (Å²) in [5, 5.41) is 71.9. The second-order valence-corrected chi connectivity index (χ2v) is 10.2. The summed E-state index contributed by atoms with van der Waals surface area (Å²) in [5.41, 5.74) is 0.0115. The third-order valence-corrected chi connectivity index (χ3v) is 7.31. The van der Waals surface area contributed by atoms with E-state index in [1.165, 1.54) is 26.2 Å². The largest absolute Gasteiger partial charge is 0.507 e. The Labute approximate surface area is 238 Å². The summed E-state index contributed by atoms with van der Waals surface area (Å²) in [6, 6.07) is 10.4. The molecule has 10 atom stereocenters. The van der Waals surface area contributed by atoms with Crippen molar-refractivity contribution in [1.29, 1.82) is 0 Å². The first-order chi connectivity index (χ1) is 20.0. The molecular weight excluding hydrogens is 560 g/mol. The number of methoxy groups -OCH3 is 1. The first kappa shape index (κ1) is 30.2. The van der Waals surface area contributed by atoms with Gasteiger partial charge in [0, 0.05) is 23.8 Å². The molecule has 2 fully saturated rings. The number of aliphatic hydroxyl groups is 6. The van der Waals surface area contributed by atoms with E-state index < -0.39 is 79.2 Å².